The normalized spacial score (nSPS) is 11.5. The molecule has 1 N–H and O–H groups in total. The first kappa shape index (κ1) is 17.7. The topological polar surface area (TPSA) is 108 Å². The van der Waals surface area contributed by atoms with Gasteiger partial charge in [-0.2, -0.15) is 0 Å². The Morgan fingerprint density at radius 2 is 1.88 bits per heavy atom. The Hall–Kier alpha value is -3.07. The number of nitrogens with zero attached hydrogens (tertiary/aromatic N) is 1. The van der Waals surface area contributed by atoms with Crippen molar-refractivity contribution in [2.75, 3.05) is 11.3 Å². The highest BCUT2D eigenvalue weighted by molar-refractivity contribution is 7.92. The number of aromatic nitrogens is 1. The maximum Gasteiger partial charge on any atom is 0.419 e. The van der Waals surface area contributed by atoms with Crippen LogP contribution in [0.5, 0.6) is 0 Å². The molecule has 0 aliphatic rings. The number of carbonyl (C=O) groups excluding carboxylic acids is 1. The number of esters is 1. The molecular formula is C17H16N2O6S. The Kier molecular flexibility index (Phi) is 4.56. The highest BCUT2D eigenvalue weighted by atomic mass is 32.2. The fourth-order valence-electron chi connectivity index (χ4n) is 2.38. The van der Waals surface area contributed by atoms with Crippen LogP contribution in [0.1, 0.15) is 17.3 Å². The molecule has 0 atom stereocenters. The summed E-state index contributed by atoms with van der Waals surface area (Å²) in [4.78, 5) is 23.1. The van der Waals surface area contributed by atoms with Gasteiger partial charge in [0.1, 0.15) is 0 Å². The van der Waals surface area contributed by atoms with E-state index >= 15 is 0 Å². The molecule has 2 aromatic carbocycles. The smallest absolute Gasteiger partial charge is 0.419 e. The first-order valence-corrected chi connectivity index (χ1v) is 9.19. The van der Waals surface area contributed by atoms with Crippen molar-refractivity contribution < 1.29 is 22.4 Å². The van der Waals surface area contributed by atoms with Crippen molar-refractivity contribution >= 4 is 32.8 Å². The van der Waals surface area contributed by atoms with Crippen molar-refractivity contribution in [1.82, 2.24) is 4.57 Å². The predicted molar refractivity (Wildman–Crippen MR) is 94.7 cm³/mol. The monoisotopic (exact) mass is 376 g/mol. The molecule has 0 amide bonds. The van der Waals surface area contributed by atoms with Gasteiger partial charge < -0.3 is 9.15 Å². The average molecular weight is 376 g/mol. The van der Waals surface area contributed by atoms with E-state index in [1.807, 2.05) is 0 Å². The van der Waals surface area contributed by atoms with E-state index < -0.39 is 21.7 Å². The summed E-state index contributed by atoms with van der Waals surface area (Å²) in [6, 6.07) is 10.0. The van der Waals surface area contributed by atoms with E-state index in [2.05, 4.69) is 4.72 Å². The molecule has 0 spiro atoms. The largest absolute Gasteiger partial charge is 0.462 e. The lowest BCUT2D eigenvalue weighted by atomic mass is 10.2. The zero-order valence-electron chi connectivity index (χ0n) is 14.1. The molecule has 0 fully saturated rings. The number of sulfonamides is 1. The van der Waals surface area contributed by atoms with Crippen LogP contribution in [0, 0.1) is 0 Å². The molecular weight excluding hydrogens is 360 g/mol. The number of hydrogen-bond donors (Lipinski definition) is 1. The Labute approximate surface area is 149 Å². The van der Waals surface area contributed by atoms with E-state index in [0.717, 1.165) is 0 Å². The summed E-state index contributed by atoms with van der Waals surface area (Å²) in [6.45, 7) is 1.96. The van der Waals surface area contributed by atoms with Crippen molar-refractivity contribution in [3.63, 3.8) is 0 Å². The molecule has 0 radical (unpaired) electrons. The second-order valence-electron chi connectivity index (χ2n) is 5.46. The number of ether oxygens (including phenoxy) is 1. The lowest BCUT2D eigenvalue weighted by Crippen LogP contribution is -2.13. The standard InChI is InChI=1S/C17H16N2O6S/c1-3-24-16(20)11-4-6-12(7-5-11)18-26(22,23)13-8-9-14-15(10-13)25-17(21)19(14)2/h4-10,18H,3H2,1-2H3. The van der Waals surface area contributed by atoms with Gasteiger partial charge in [-0.3, -0.25) is 9.29 Å². The maximum absolute atomic E-state index is 12.5. The minimum absolute atomic E-state index is 0.0474. The van der Waals surface area contributed by atoms with Gasteiger partial charge in [-0.05, 0) is 43.3 Å². The lowest BCUT2D eigenvalue weighted by Gasteiger charge is -2.09. The minimum atomic E-state index is -3.89. The Balaban J connectivity index is 1.87. The molecule has 3 rings (SSSR count). The summed E-state index contributed by atoms with van der Waals surface area (Å²) in [5.74, 6) is -1.05. The third-order valence-electron chi connectivity index (χ3n) is 3.72. The first-order valence-electron chi connectivity index (χ1n) is 7.71. The lowest BCUT2D eigenvalue weighted by molar-refractivity contribution is 0.0526. The highest BCUT2D eigenvalue weighted by Crippen LogP contribution is 2.21. The number of fused-ring (bicyclic) bond motifs is 1. The van der Waals surface area contributed by atoms with E-state index in [1.165, 1.54) is 54.1 Å². The molecule has 1 aromatic heterocycles. The molecule has 136 valence electrons. The van der Waals surface area contributed by atoms with Crippen LogP contribution >= 0.6 is 0 Å². The van der Waals surface area contributed by atoms with Crippen LogP contribution < -0.4 is 10.5 Å². The number of carbonyl (C=O) groups is 1. The SMILES string of the molecule is CCOC(=O)c1ccc(NS(=O)(=O)c2ccc3c(c2)oc(=O)n3C)cc1. The number of nitrogens with one attached hydrogen (secondary N) is 1. The van der Waals surface area contributed by atoms with Crippen molar-refractivity contribution in [3.05, 3.63) is 58.6 Å². The molecule has 0 bridgehead atoms. The van der Waals surface area contributed by atoms with E-state index in [4.69, 9.17) is 9.15 Å². The summed E-state index contributed by atoms with van der Waals surface area (Å²) in [7, 11) is -2.36. The summed E-state index contributed by atoms with van der Waals surface area (Å²) < 4.78 is 38.6. The van der Waals surface area contributed by atoms with E-state index in [1.54, 1.807) is 6.92 Å². The number of oxazole rings is 1. The van der Waals surface area contributed by atoms with Crippen LogP contribution in [0.15, 0.2) is 56.6 Å². The molecule has 0 unspecified atom stereocenters. The third-order valence-corrected chi connectivity index (χ3v) is 5.10. The minimum Gasteiger partial charge on any atom is -0.462 e. The Morgan fingerprint density at radius 3 is 2.54 bits per heavy atom. The molecule has 26 heavy (non-hydrogen) atoms. The molecule has 3 aromatic rings. The van der Waals surface area contributed by atoms with E-state index in [9.17, 15) is 18.0 Å². The zero-order chi connectivity index (χ0) is 18.9. The fourth-order valence-corrected chi connectivity index (χ4v) is 3.46. The molecule has 9 heteroatoms. The predicted octanol–water partition coefficient (Wildman–Crippen LogP) is 2.11. The molecule has 1 heterocycles. The van der Waals surface area contributed by atoms with Gasteiger partial charge in [0, 0.05) is 18.8 Å². The molecule has 0 aliphatic carbocycles. The third kappa shape index (κ3) is 3.33. The Bertz CT molecular complexity index is 1130. The number of hydrogen-bond acceptors (Lipinski definition) is 6. The van der Waals surface area contributed by atoms with Gasteiger partial charge in [-0.25, -0.2) is 18.0 Å². The molecule has 0 saturated carbocycles. The van der Waals surface area contributed by atoms with Gasteiger partial charge in [0.15, 0.2) is 5.58 Å². The second kappa shape index (κ2) is 6.68. The number of benzene rings is 2. The van der Waals surface area contributed by atoms with Crippen LogP contribution in [-0.2, 0) is 21.8 Å². The van der Waals surface area contributed by atoms with Gasteiger partial charge in [-0.15, -0.1) is 0 Å². The van der Waals surface area contributed by atoms with Crippen LogP contribution in [0.3, 0.4) is 0 Å². The first-order chi connectivity index (χ1) is 12.3. The maximum atomic E-state index is 12.5. The zero-order valence-corrected chi connectivity index (χ0v) is 14.9. The number of anilines is 1. The summed E-state index contributed by atoms with van der Waals surface area (Å²) in [6.07, 6.45) is 0. The van der Waals surface area contributed by atoms with Crippen LogP contribution in [-0.4, -0.2) is 25.6 Å². The second-order valence-corrected chi connectivity index (χ2v) is 7.14. The summed E-state index contributed by atoms with van der Waals surface area (Å²) in [5.41, 5.74) is 1.28. The number of rotatable bonds is 5. The quantitative estimate of drug-likeness (QED) is 0.684. The molecule has 0 saturated heterocycles. The van der Waals surface area contributed by atoms with Crippen LogP contribution in [0.4, 0.5) is 5.69 Å². The van der Waals surface area contributed by atoms with Gasteiger partial charge in [0.05, 0.1) is 22.6 Å². The van der Waals surface area contributed by atoms with Crippen LogP contribution in [0.2, 0.25) is 0 Å². The van der Waals surface area contributed by atoms with Gasteiger partial charge in [0.25, 0.3) is 10.0 Å². The fraction of sp³-hybridized carbons (Fsp3) is 0.176. The average Bonchev–Trinajstić information content (AvgIpc) is 2.89. The van der Waals surface area contributed by atoms with E-state index in [0.29, 0.717) is 11.1 Å². The summed E-state index contributed by atoms with van der Waals surface area (Å²) in [5, 5.41) is 0. The van der Waals surface area contributed by atoms with Gasteiger partial charge >= 0.3 is 11.7 Å². The van der Waals surface area contributed by atoms with Crippen molar-refractivity contribution in [2.45, 2.75) is 11.8 Å². The Morgan fingerprint density at radius 1 is 1.19 bits per heavy atom. The molecule has 0 aliphatic heterocycles. The van der Waals surface area contributed by atoms with Crippen molar-refractivity contribution in [3.8, 4) is 0 Å². The summed E-state index contributed by atoms with van der Waals surface area (Å²) >= 11 is 0. The van der Waals surface area contributed by atoms with E-state index in [-0.39, 0.29) is 22.8 Å². The van der Waals surface area contributed by atoms with Gasteiger partial charge in [0.2, 0.25) is 0 Å². The van der Waals surface area contributed by atoms with Gasteiger partial charge in [-0.1, -0.05) is 0 Å². The highest BCUT2D eigenvalue weighted by Gasteiger charge is 2.17. The number of aryl methyl sites for hydroxylation is 1. The van der Waals surface area contributed by atoms with Crippen molar-refractivity contribution in [1.29, 1.82) is 0 Å². The van der Waals surface area contributed by atoms with Crippen molar-refractivity contribution in [2.24, 2.45) is 7.05 Å². The van der Waals surface area contributed by atoms with Crippen LogP contribution in [0.25, 0.3) is 11.1 Å². The molecule has 8 nitrogen and oxygen atoms in total.